The molecule has 0 radical (unpaired) electrons. The largest absolute Gasteiger partial charge is 0.369 e. The van der Waals surface area contributed by atoms with E-state index >= 15 is 0 Å². The average Bonchev–Trinajstić information content (AvgIpc) is 2.73. The average molecular weight is 288 g/mol. The molecule has 114 valence electrons. The van der Waals surface area contributed by atoms with Gasteiger partial charge in [0.15, 0.2) is 0 Å². The van der Waals surface area contributed by atoms with Crippen LogP contribution in [0.4, 0.5) is 5.69 Å². The first-order valence-corrected chi connectivity index (χ1v) is 7.90. The zero-order chi connectivity index (χ0) is 14.7. The van der Waals surface area contributed by atoms with Crippen molar-refractivity contribution < 1.29 is 4.79 Å². The number of carbonyl (C=O) groups is 1. The lowest BCUT2D eigenvalue weighted by Crippen LogP contribution is -2.50. The first-order valence-electron chi connectivity index (χ1n) is 7.90. The van der Waals surface area contributed by atoms with E-state index in [1.807, 2.05) is 12.4 Å². The van der Waals surface area contributed by atoms with Gasteiger partial charge in [0, 0.05) is 63.3 Å². The van der Waals surface area contributed by atoms with Crippen molar-refractivity contribution in [2.75, 3.05) is 37.6 Å². The van der Waals surface area contributed by atoms with Crippen LogP contribution in [0, 0.1) is 6.92 Å². The Hall–Kier alpha value is -1.62. The number of rotatable bonds is 2. The Labute approximate surface area is 126 Å². The van der Waals surface area contributed by atoms with Gasteiger partial charge in [0.25, 0.3) is 0 Å². The number of carbonyl (C=O) groups excluding carboxylic acids is 1. The molecule has 5 heteroatoms. The lowest BCUT2D eigenvalue weighted by Gasteiger charge is -2.40. The number of aromatic nitrogens is 1. The van der Waals surface area contributed by atoms with Gasteiger partial charge in [-0.2, -0.15) is 0 Å². The maximum Gasteiger partial charge on any atom is 0.220 e. The summed E-state index contributed by atoms with van der Waals surface area (Å²) in [6, 6.07) is 2.67. The van der Waals surface area contributed by atoms with E-state index in [0.717, 1.165) is 45.6 Å². The van der Waals surface area contributed by atoms with Crippen LogP contribution in [0.3, 0.4) is 0 Å². The number of nitrogens with one attached hydrogen (secondary N) is 1. The Balaban J connectivity index is 1.58. The monoisotopic (exact) mass is 288 g/mol. The Morgan fingerprint density at radius 2 is 2.05 bits per heavy atom. The van der Waals surface area contributed by atoms with Gasteiger partial charge in [-0.3, -0.25) is 14.7 Å². The summed E-state index contributed by atoms with van der Waals surface area (Å²) < 4.78 is 0. The summed E-state index contributed by atoms with van der Waals surface area (Å²) in [6.45, 7) is 7.23. The van der Waals surface area contributed by atoms with Crippen molar-refractivity contribution in [1.29, 1.82) is 0 Å². The highest BCUT2D eigenvalue weighted by Gasteiger charge is 2.26. The minimum absolute atomic E-state index is 0.212. The van der Waals surface area contributed by atoms with Crippen LogP contribution in [0.2, 0.25) is 0 Å². The number of amides is 1. The number of piperazine rings is 1. The summed E-state index contributed by atoms with van der Waals surface area (Å²) in [4.78, 5) is 20.6. The SMILES string of the molecule is Cc1cnccc1N1CCN([C@H]2CCNC(=O)CC2)CC1. The predicted molar refractivity (Wildman–Crippen MR) is 83.4 cm³/mol. The molecule has 0 saturated carbocycles. The molecular formula is C16H24N4O. The molecule has 1 amide bonds. The van der Waals surface area contributed by atoms with Crippen molar-refractivity contribution >= 4 is 11.6 Å². The fourth-order valence-corrected chi connectivity index (χ4v) is 3.42. The van der Waals surface area contributed by atoms with Gasteiger partial charge in [0.05, 0.1) is 0 Å². The molecule has 2 aliphatic rings. The molecule has 2 aliphatic heterocycles. The minimum atomic E-state index is 0.212. The van der Waals surface area contributed by atoms with Crippen molar-refractivity contribution in [2.24, 2.45) is 0 Å². The zero-order valence-electron chi connectivity index (χ0n) is 12.7. The number of anilines is 1. The van der Waals surface area contributed by atoms with E-state index in [-0.39, 0.29) is 5.91 Å². The molecule has 1 aromatic rings. The van der Waals surface area contributed by atoms with Crippen LogP contribution in [-0.4, -0.2) is 54.6 Å². The number of hydrogen-bond donors (Lipinski definition) is 1. The summed E-state index contributed by atoms with van der Waals surface area (Å²) >= 11 is 0. The number of pyridine rings is 1. The van der Waals surface area contributed by atoms with E-state index in [4.69, 9.17) is 0 Å². The highest BCUT2D eigenvalue weighted by atomic mass is 16.1. The van der Waals surface area contributed by atoms with E-state index < -0.39 is 0 Å². The van der Waals surface area contributed by atoms with Gasteiger partial charge >= 0.3 is 0 Å². The summed E-state index contributed by atoms with van der Waals surface area (Å²) in [5.41, 5.74) is 2.55. The first kappa shape index (κ1) is 14.3. The van der Waals surface area contributed by atoms with Crippen molar-refractivity contribution in [3.05, 3.63) is 24.0 Å². The quantitative estimate of drug-likeness (QED) is 0.888. The van der Waals surface area contributed by atoms with Crippen molar-refractivity contribution in [2.45, 2.75) is 32.2 Å². The van der Waals surface area contributed by atoms with Gasteiger partial charge in [-0.1, -0.05) is 0 Å². The fourth-order valence-electron chi connectivity index (χ4n) is 3.42. The second kappa shape index (κ2) is 6.43. The smallest absolute Gasteiger partial charge is 0.220 e. The molecule has 0 bridgehead atoms. The van der Waals surface area contributed by atoms with Gasteiger partial charge in [0.2, 0.25) is 5.91 Å². The maximum atomic E-state index is 11.4. The lowest BCUT2D eigenvalue weighted by atomic mass is 10.1. The van der Waals surface area contributed by atoms with Gasteiger partial charge in [-0.05, 0) is 31.4 Å². The molecule has 0 aliphatic carbocycles. The predicted octanol–water partition coefficient (Wildman–Crippen LogP) is 1.18. The molecule has 3 heterocycles. The number of aryl methyl sites for hydroxylation is 1. The molecule has 1 N–H and O–H groups in total. The Kier molecular flexibility index (Phi) is 4.39. The number of hydrogen-bond acceptors (Lipinski definition) is 4. The Morgan fingerprint density at radius 3 is 2.81 bits per heavy atom. The van der Waals surface area contributed by atoms with Crippen LogP contribution < -0.4 is 10.2 Å². The van der Waals surface area contributed by atoms with Crippen molar-refractivity contribution in [3.63, 3.8) is 0 Å². The van der Waals surface area contributed by atoms with Crippen LogP contribution in [0.5, 0.6) is 0 Å². The third-order valence-corrected chi connectivity index (χ3v) is 4.67. The first-order chi connectivity index (χ1) is 10.2. The summed E-state index contributed by atoms with van der Waals surface area (Å²) in [5.74, 6) is 0.212. The van der Waals surface area contributed by atoms with E-state index in [2.05, 4.69) is 33.1 Å². The van der Waals surface area contributed by atoms with Crippen LogP contribution in [0.1, 0.15) is 24.8 Å². The second-order valence-corrected chi connectivity index (χ2v) is 6.02. The summed E-state index contributed by atoms with van der Waals surface area (Å²) in [5, 5.41) is 2.97. The van der Waals surface area contributed by atoms with E-state index in [0.29, 0.717) is 12.5 Å². The van der Waals surface area contributed by atoms with Crippen LogP contribution in [0.15, 0.2) is 18.5 Å². The summed E-state index contributed by atoms with van der Waals surface area (Å²) in [7, 11) is 0. The summed E-state index contributed by atoms with van der Waals surface area (Å²) in [6.07, 6.45) is 6.57. The molecule has 1 aromatic heterocycles. The van der Waals surface area contributed by atoms with Crippen LogP contribution in [0.25, 0.3) is 0 Å². The molecule has 0 spiro atoms. The highest BCUT2D eigenvalue weighted by Crippen LogP contribution is 2.22. The molecular weight excluding hydrogens is 264 g/mol. The molecule has 0 aromatic carbocycles. The highest BCUT2D eigenvalue weighted by molar-refractivity contribution is 5.76. The molecule has 2 saturated heterocycles. The van der Waals surface area contributed by atoms with Crippen LogP contribution in [-0.2, 0) is 4.79 Å². The standard InChI is InChI=1S/C16H24N4O/c1-13-12-17-6-5-15(13)20-10-8-19(9-11-20)14-2-3-16(21)18-7-4-14/h5-6,12,14H,2-4,7-11H2,1H3,(H,18,21)/t14-/m1/s1. The zero-order valence-corrected chi connectivity index (χ0v) is 12.7. The molecule has 2 fully saturated rings. The van der Waals surface area contributed by atoms with Gasteiger partial charge < -0.3 is 10.2 Å². The normalized spacial score (nSPS) is 24.5. The lowest BCUT2D eigenvalue weighted by molar-refractivity contribution is -0.120. The molecule has 1 atom stereocenters. The molecule has 3 rings (SSSR count). The van der Waals surface area contributed by atoms with E-state index in [1.165, 1.54) is 11.3 Å². The number of nitrogens with zero attached hydrogens (tertiary/aromatic N) is 3. The van der Waals surface area contributed by atoms with Crippen molar-refractivity contribution in [1.82, 2.24) is 15.2 Å². The van der Waals surface area contributed by atoms with E-state index in [1.54, 1.807) is 0 Å². The minimum Gasteiger partial charge on any atom is -0.369 e. The second-order valence-electron chi connectivity index (χ2n) is 6.02. The topological polar surface area (TPSA) is 48.5 Å². The Bertz CT molecular complexity index is 497. The Morgan fingerprint density at radius 1 is 1.24 bits per heavy atom. The molecule has 21 heavy (non-hydrogen) atoms. The van der Waals surface area contributed by atoms with E-state index in [9.17, 15) is 4.79 Å². The third kappa shape index (κ3) is 3.35. The van der Waals surface area contributed by atoms with Gasteiger partial charge in [-0.25, -0.2) is 0 Å². The van der Waals surface area contributed by atoms with Crippen LogP contribution >= 0.6 is 0 Å². The van der Waals surface area contributed by atoms with Gasteiger partial charge in [-0.15, -0.1) is 0 Å². The third-order valence-electron chi connectivity index (χ3n) is 4.67. The maximum absolute atomic E-state index is 11.4. The van der Waals surface area contributed by atoms with Crippen molar-refractivity contribution in [3.8, 4) is 0 Å². The van der Waals surface area contributed by atoms with Gasteiger partial charge in [0.1, 0.15) is 0 Å². The molecule has 5 nitrogen and oxygen atoms in total. The molecule has 0 unspecified atom stereocenters. The fraction of sp³-hybridized carbons (Fsp3) is 0.625.